The van der Waals surface area contributed by atoms with Gasteiger partial charge in [0.1, 0.15) is 5.75 Å². The van der Waals surface area contributed by atoms with E-state index in [-0.39, 0.29) is 0 Å². The first-order valence-electron chi connectivity index (χ1n) is 6.89. The topological polar surface area (TPSA) is 24.5 Å². The van der Waals surface area contributed by atoms with E-state index in [9.17, 15) is 0 Å². The van der Waals surface area contributed by atoms with Crippen molar-refractivity contribution >= 4 is 17.3 Å². The van der Waals surface area contributed by atoms with Gasteiger partial charge in [-0.2, -0.15) is 0 Å². The Hall–Kier alpha value is -1.71. The molecule has 0 aliphatic heterocycles. The molecule has 112 valence electrons. The molecule has 0 atom stereocenters. The third-order valence-corrected chi connectivity index (χ3v) is 3.56. The molecule has 0 aliphatic carbocycles. The van der Waals surface area contributed by atoms with Crippen molar-refractivity contribution in [2.45, 2.75) is 13.1 Å². The van der Waals surface area contributed by atoms with Gasteiger partial charge < -0.3 is 15.0 Å². The third kappa shape index (κ3) is 4.38. The Morgan fingerprint density at radius 3 is 2.57 bits per heavy atom. The molecule has 2 aromatic carbocycles. The van der Waals surface area contributed by atoms with Crippen molar-refractivity contribution in [1.29, 1.82) is 0 Å². The lowest BCUT2D eigenvalue weighted by Crippen LogP contribution is -2.11. The lowest BCUT2D eigenvalue weighted by Gasteiger charge is -2.15. The summed E-state index contributed by atoms with van der Waals surface area (Å²) in [6.07, 6.45) is 0. The van der Waals surface area contributed by atoms with Gasteiger partial charge >= 0.3 is 0 Å². The second kappa shape index (κ2) is 7.34. The predicted molar refractivity (Wildman–Crippen MR) is 89.2 cm³/mol. The molecule has 4 heteroatoms. The van der Waals surface area contributed by atoms with Crippen molar-refractivity contribution in [1.82, 2.24) is 4.90 Å². The minimum absolute atomic E-state index is 0.668. The number of hydrogen-bond acceptors (Lipinski definition) is 3. The highest BCUT2D eigenvalue weighted by Crippen LogP contribution is 2.27. The number of benzene rings is 2. The number of hydrogen-bond donors (Lipinski definition) is 1. The van der Waals surface area contributed by atoms with Crippen LogP contribution in [0.25, 0.3) is 0 Å². The van der Waals surface area contributed by atoms with Gasteiger partial charge in [0, 0.05) is 18.1 Å². The van der Waals surface area contributed by atoms with Gasteiger partial charge in [0.2, 0.25) is 0 Å². The zero-order valence-electron chi connectivity index (χ0n) is 12.7. The number of anilines is 1. The Morgan fingerprint density at radius 2 is 1.90 bits per heavy atom. The van der Waals surface area contributed by atoms with Gasteiger partial charge in [-0.25, -0.2) is 0 Å². The summed E-state index contributed by atoms with van der Waals surface area (Å²) in [7, 11) is 5.80. The van der Waals surface area contributed by atoms with Gasteiger partial charge in [0.15, 0.2) is 0 Å². The van der Waals surface area contributed by atoms with Crippen molar-refractivity contribution in [2.24, 2.45) is 0 Å². The predicted octanol–water partition coefficient (Wildman–Crippen LogP) is 4.02. The number of methoxy groups -OCH3 is 1. The molecule has 0 fully saturated rings. The molecule has 3 nitrogen and oxygen atoms in total. The van der Waals surface area contributed by atoms with Crippen molar-refractivity contribution in [3.63, 3.8) is 0 Å². The number of nitrogens with zero attached hydrogens (tertiary/aromatic N) is 1. The number of ether oxygens (including phenoxy) is 1. The van der Waals surface area contributed by atoms with Crippen molar-refractivity contribution in [2.75, 3.05) is 26.5 Å². The maximum atomic E-state index is 6.19. The van der Waals surface area contributed by atoms with E-state index in [1.54, 1.807) is 7.11 Å². The summed E-state index contributed by atoms with van der Waals surface area (Å²) in [6, 6.07) is 14.0. The Morgan fingerprint density at radius 1 is 1.14 bits per heavy atom. The van der Waals surface area contributed by atoms with Gasteiger partial charge in [-0.15, -0.1) is 0 Å². The van der Waals surface area contributed by atoms with Crippen LogP contribution in [0.15, 0.2) is 42.5 Å². The van der Waals surface area contributed by atoms with Crippen LogP contribution in [0, 0.1) is 0 Å². The van der Waals surface area contributed by atoms with Crippen LogP contribution >= 0.6 is 11.6 Å². The molecule has 0 aromatic heterocycles. The van der Waals surface area contributed by atoms with Crippen LogP contribution in [-0.2, 0) is 13.1 Å². The van der Waals surface area contributed by atoms with Gasteiger partial charge in [-0.3, -0.25) is 0 Å². The molecule has 21 heavy (non-hydrogen) atoms. The normalized spacial score (nSPS) is 10.7. The summed E-state index contributed by atoms with van der Waals surface area (Å²) in [5.41, 5.74) is 3.29. The molecule has 0 unspecified atom stereocenters. The SMILES string of the molecule is COc1ccc(CN(C)C)cc1NCc1ccccc1Cl. The summed E-state index contributed by atoms with van der Waals surface area (Å²) in [6.45, 7) is 1.56. The van der Waals surface area contributed by atoms with Crippen molar-refractivity contribution in [3.8, 4) is 5.75 Å². The van der Waals surface area contributed by atoms with Crippen LogP contribution < -0.4 is 10.1 Å². The van der Waals surface area contributed by atoms with Crippen molar-refractivity contribution in [3.05, 3.63) is 58.6 Å². The second-order valence-electron chi connectivity index (χ2n) is 5.22. The quantitative estimate of drug-likeness (QED) is 0.872. The Bertz CT molecular complexity index is 599. The van der Waals surface area contributed by atoms with Crippen LogP contribution in [0.2, 0.25) is 5.02 Å². The summed E-state index contributed by atoms with van der Waals surface area (Å²) in [5.74, 6) is 0.838. The first kappa shape index (κ1) is 15.7. The Kier molecular flexibility index (Phi) is 5.48. The lowest BCUT2D eigenvalue weighted by atomic mass is 10.1. The van der Waals surface area contributed by atoms with E-state index in [4.69, 9.17) is 16.3 Å². The zero-order chi connectivity index (χ0) is 15.2. The highest BCUT2D eigenvalue weighted by Gasteiger charge is 2.06. The fourth-order valence-electron chi connectivity index (χ4n) is 2.19. The molecule has 2 rings (SSSR count). The average Bonchev–Trinajstić information content (AvgIpc) is 2.46. The van der Waals surface area contributed by atoms with E-state index >= 15 is 0 Å². The molecule has 0 saturated heterocycles. The maximum absolute atomic E-state index is 6.19. The molecule has 0 radical (unpaired) electrons. The number of halogens is 1. The molecule has 0 bridgehead atoms. The standard InChI is InChI=1S/C17H21ClN2O/c1-20(2)12-13-8-9-17(21-3)16(10-13)19-11-14-6-4-5-7-15(14)18/h4-10,19H,11-12H2,1-3H3. The summed E-state index contributed by atoms with van der Waals surface area (Å²) < 4.78 is 5.41. The lowest BCUT2D eigenvalue weighted by molar-refractivity contribution is 0.400. The molecule has 0 amide bonds. The first-order valence-corrected chi connectivity index (χ1v) is 7.27. The fourth-order valence-corrected chi connectivity index (χ4v) is 2.39. The number of rotatable bonds is 6. The van der Waals surface area contributed by atoms with Crippen LogP contribution in [0.3, 0.4) is 0 Å². The van der Waals surface area contributed by atoms with E-state index < -0.39 is 0 Å². The zero-order valence-corrected chi connectivity index (χ0v) is 13.4. The monoisotopic (exact) mass is 304 g/mol. The molecule has 0 spiro atoms. The summed E-state index contributed by atoms with van der Waals surface area (Å²) in [5, 5.41) is 4.18. The van der Waals surface area contributed by atoms with E-state index in [2.05, 4.69) is 36.4 Å². The molecule has 1 N–H and O–H groups in total. The third-order valence-electron chi connectivity index (χ3n) is 3.19. The summed E-state index contributed by atoms with van der Waals surface area (Å²) >= 11 is 6.19. The van der Waals surface area contributed by atoms with Crippen molar-refractivity contribution < 1.29 is 4.74 Å². The first-order chi connectivity index (χ1) is 10.1. The Labute approximate surface area is 131 Å². The molecule has 0 heterocycles. The Balaban J connectivity index is 2.15. The van der Waals surface area contributed by atoms with E-state index in [1.807, 2.05) is 30.3 Å². The second-order valence-corrected chi connectivity index (χ2v) is 5.62. The average molecular weight is 305 g/mol. The van der Waals surface area contributed by atoms with Gasteiger partial charge in [-0.05, 0) is 43.4 Å². The van der Waals surface area contributed by atoms with E-state index in [1.165, 1.54) is 5.56 Å². The maximum Gasteiger partial charge on any atom is 0.141 e. The van der Waals surface area contributed by atoms with Gasteiger partial charge in [0.05, 0.1) is 12.8 Å². The molecule has 0 saturated carbocycles. The van der Waals surface area contributed by atoms with Crippen LogP contribution in [0.1, 0.15) is 11.1 Å². The van der Waals surface area contributed by atoms with E-state index in [0.717, 1.165) is 28.6 Å². The highest BCUT2D eigenvalue weighted by atomic mass is 35.5. The van der Waals surface area contributed by atoms with Crippen LogP contribution in [0.5, 0.6) is 5.75 Å². The smallest absolute Gasteiger partial charge is 0.141 e. The van der Waals surface area contributed by atoms with Gasteiger partial charge in [0.25, 0.3) is 0 Å². The highest BCUT2D eigenvalue weighted by molar-refractivity contribution is 6.31. The minimum Gasteiger partial charge on any atom is -0.495 e. The van der Waals surface area contributed by atoms with Crippen LogP contribution in [-0.4, -0.2) is 26.1 Å². The van der Waals surface area contributed by atoms with Crippen LogP contribution in [0.4, 0.5) is 5.69 Å². The number of nitrogens with one attached hydrogen (secondary N) is 1. The minimum atomic E-state index is 0.668. The largest absolute Gasteiger partial charge is 0.495 e. The fraction of sp³-hybridized carbons (Fsp3) is 0.294. The molecule has 0 aliphatic rings. The molecule has 2 aromatic rings. The molecular weight excluding hydrogens is 284 g/mol. The van der Waals surface area contributed by atoms with E-state index in [0.29, 0.717) is 6.54 Å². The summed E-state index contributed by atoms with van der Waals surface area (Å²) in [4.78, 5) is 2.14. The molecular formula is C17H21ClN2O. The van der Waals surface area contributed by atoms with Gasteiger partial charge in [-0.1, -0.05) is 35.9 Å².